The molecule has 0 saturated carbocycles. The minimum atomic E-state index is -0.975. The second-order valence-corrected chi connectivity index (χ2v) is 18.4. The van der Waals surface area contributed by atoms with E-state index in [2.05, 4.69) is 49.8 Å². The SMILES string of the molecule is CCCCCCCCCCCCCC.CCc1ccc(OC(CC)C(=O)Nc2ccccc2SC2C(=O)N(c3c(Cl)cc(Cl)cc3Cl)NC2=Nc2cc(NC=O)ccc2Cl)c(CC)c1. The summed E-state index contributed by atoms with van der Waals surface area (Å²) >= 11 is 26.8. The second-order valence-electron chi connectivity index (χ2n) is 15.6. The number of aryl methyl sites for hydroxylation is 2. The van der Waals surface area contributed by atoms with Crippen LogP contribution < -0.4 is 25.8 Å². The number of aliphatic imine (C=N–C) groups is 1. The van der Waals surface area contributed by atoms with Crippen molar-refractivity contribution in [3.05, 3.63) is 104 Å². The molecule has 64 heavy (non-hydrogen) atoms. The number of benzene rings is 4. The lowest BCUT2D eigenvalue weighted by atomic mass is 10.1. The number of halogens is 4. The van der Waals surface area contributed by atoms with Crippen LogP contribution in [0.1, 0.15) is 129 Å². The monoisotopic (exact) mass is 969 g/mol. The molecule has 2 atom stereocenters. The summed E-state index contributed by atoms with van der Waals surface area (Å²) in [4.78, 5) is 44.2. The highest BCUT2D eigenvalue weighted by Gasteiger charge is 2.41. The number of hydrogen-bond donors (Lipinski definition) is 3. The molecule has 14 heteroatoms. The van der Waals surface area contributed by atoms with Gasteiger partial charge in [-0.15, -0.1) is 11.8 Å². The molecule has 3 N–H and O–H groups in total. The van der Waals surface area contributed by atoms with Crippen LogP contribution in [0.15, 0.2) is 82.7 Å². The number of amides is 3. The van der Waals surface area contributed by atoms with E-state index >= 15 is 0 Å². The zero-order valence-corrected chi connectivity index (χ0v) is 41.6. The van der Waals surface area contributed by atoms with Crippen molar-refractivity contribution in [3.63, 3.8) is 0 Å². The summed E-state index contributed by atoms with van der Waals surface area (Å²) in [6.45, 7) is 10.6. The van der Waals surface area contributed by atoms with Crippen LogP contribution in [0.2, 0.25) is 20.1 Å². The number of carbonyl (C=O) groups excluding carboxylic acids is 3. The number of nitrogens with one attached hydrogen (secondary N) is 3. The van der Waals surface area contributed by atoms with Gasteiger partial charge in [0, 0.05) is 15.6 Å². The summed E-state index contributed by atoms with van der Waals surface area (Å²) in [5.41, 5.74) is 6.66. The zero-order valence-electron chi connectivity index (χ0n) is 37.7. The highest BCUT2D eigenvalue weighted by Crippen LogP contribution is 2.41. The van der Waals surface area contributed by atoms with E-state index in [1.165, 1.54) is 99.8 Å². The van der Waals surface area contributed by atoms with Gasteiger partial charge in [0.15, 0.2) is 6.10 Å². The number of unbranched alkanes of at least 4 members (excludes halogenated alkanes) is 11. The predicted octanol–water partition coefficient (Wildman–Crippen LogP) is 15.2. The van der Waals surface area contributed by atoms with E-state index in [4.69, 9.17) is 56.1 Å². The molecule has 1 aliphatic heterocycles. The lowest BCUT2D eigenvalue weighted by Crippen LogP contribution is -2.36. The van der Waals surface area contributed by atoms with Gasteiger partial charge < -0.3 is 15.4 Å². The summed E-state index contributed by atoms with van der Waals surface area (Å²) in [5.74, 6) is 0.0885. The minimum absolute atomic E-state index is 0.136. The van der Waals surface area contributed by atoms with Gasteiger partial charge in [-0.25, -0.2) is 10.0 Å². The molecule has 4 aromatic carbocycles. The van der Waals surface area contributed by atoms with Gasteiger partial charge in [0.05, 0.1) is 26.4 Å². The third kappa shape index (κ3) is 15.9. The summed E-state index contributed by atoms with van der Waals surface area (Å²) in [5, 5.41) is 6.65. The Morgan fingerprint density at radius 2 is 1.42 bits per heavy atom. The fraction of sp³-hybridized carbons (Fsp3) is 0.440. The maximum absolute atomic E-state index is 14.2. The van der Waals surface area contributed by atoms with Crippen LogP contribution in [-0.4, -0.2) is 35.4 Å². The highest BCUT2D eigenvalue weighted by molar-refractivity contribution is 8.01. The first-order chi connectivity index (χ1) is 31.0. The van der Waals surface area contributed by atoms with Crippen molar-refractivity contribution in [2.75, 3.05) is 15.6 Å². The molecular weight excluding hydrogens is 908 g/mol. The van der Waals surface area contributed by atoms with Gasteiger partial charge in [-0.3, -0.25) is 19.8 Å². The van der Waals surface area contributed by atoms with Crippen LogP contribution >= 0.6 is 58.2 Å². The second kappa shape index (κ2) is 28.2. The largest absolute Gasteiger partial charge is 0.480 e. The molecule has 3 amide bonds. The molecule has 0 aliphatic carbocycles. The van der Waals surface area contributed by atoms with Gasteiger partial charge >= 0.3 is 0 Å². The Kier molecular flexibility index (Phi) is 23.2. The van der Waals surface area contributed by atoms with Crippen molar-refractivity contribution in [2.45, 2.75) is 147 Å². The number of anilines is 3. The third-order valence-electron chi connectivity index (χ3n) is 10.7. The fourth-order valence-corrected chi connectivity index (χ4v) is 9.33. The lowest BCUT2D eigenvalue weighted by Gasteiger charge is -2.21. The van der Waals surface area contributed by atoms with E-state index in [9.17, 15) is 14.4 Å². The van der Waals surface area contributed by atoms with Gasteiger partial charge in [-0.2, -0.15) is 0 Å². The summed E-state index contributed by atoms with van der Waals surface area (Å²) in [7, 11) is 0. The Bertz CT molecular complexity index is 2140. The molecule has 1 fully saturated rings. The Morgan fingerprint density at radius 3 is 2.00 bits per heavy atom. The quantitative estimate of drug-likeness (QED) is 0.0476. The number of nitrogens with zero attached hydrogens (tertiary/aromatic N) is 2. The highest BCUT2D eigenvalue weighted by atomic mass is 35.5. The Hall–Kier alpha value is -3.93. The number of rotatable bonds is 24. The number of hydrogen-bond acceptors (Lipinski definition) is 6. The van der Waals surface area contributed by atoms with Gasteiger partial charge in [-0.05, 0) is 78.9 Å². The summed E-state index contributed by atoms with van der Waals surface area (Å²) < 4.78 is 6.24. The molecule has 0 spiro atoms. The number of ether oxygens (including phenoxy) is 1. The van der Waals surface area contributed by atoms with Crippen molar-refractivity contribution < 1.29 is 19.1 Å². The number of carbonyl (C=O) groups is 3. The topological polar surface area (TPSA) is 112 Å². The van der Waals surface area contributed by atoms with Crippen LogP contribution in [0, 0.1) is 0 Å². The molecule has 0 aromatic heterocycles. The van der Waals surface area contributed by atoms with E-state index in [1.54, 1.807) is 42.5 Å². The van der Waals surface area contributed by atoms with Crippen LogP contribution in [0.4, 0.5) is 22.7 Å². The van der Waals surface area contributed by atoms with Crippen molar-refractivity contribution in [1.29, 1.82) is 0 Å². The molecule has 0 bridgehead atoms. The molecule has 1 heterocycles. The molecule has 2 unspecified atom stereocenters. The maximum atomic E-state index is 14.2. The molecule has 0 radical (unpaired) electrons. The van der Waals surface area contributed by atoms with E-state index in [0.717, 1.165) is 30.2 Å². The molecule has 1 saturated heterocycles. The predicted molar refractivity (Wildman–Crippen MR) is 272 cm³/mol. The molecule has 1 aliphatic rings. The zero-order chi connectivity index (χ0) is 46.4. The smallest absolute Gasteiger partial charge is 0.267 e. The number of hydrazine groups is 1. The van der Waals surface area contributed by atoms with Gasteiger partial charge in [0.25, 0.3) is 11.8 Å². The molecule has 5 rings (SSSR count). The number of amidine groups is 1. The van der Waals surface area contributed by atoms with E-state index in [0.29, 0.717) is 39.9 Å². The van der Waals surface area contributed by atoms with Crippen LogP contribution in [0.25, 0.3) is 0 Å². The first-order valence-electron chi connectivity index (χ1n) is 22.7. The maximum Gasteiger partial charge on any atom is 0.267 e. The average Bonchev–Trinajstić information content (AvgIpc) is 3.57. The number of para-hydroxylation sites is 1. The van der Waals surface area contributed by atoms with E-state index in [-0.39, 0.29) is 38.2 Å². The van der Waals surface area contributed by atoms with Crippen molar-refractivity contribution >= 4 is 105 Å². The number of thioether (sulfide) groups is 1. The lowest BCUT2D eigenvalue weighted by molar-refractivity contribution is -0.123. The van der Waals surface area contributed by atoms with Crippen molar-refractivity contribution in [3.8, 4) is 5.75 Å². The van der Waals surface area contributed by atoms with E-state index in [1.807, 2.05) is 19.1 Å². The molecule has 4 aromatic rings. The van der Waals surface area contributed by atoms with Crippen molar-refractivity contribution in [1.82, 2.24) is 5.43 Å². The third-order valence-corrected chi connectivity index (χ3v) is 13.1. The Morgan fingerprint density at radius 1 is 0.797 bits per heavy atom. The summed E-state index contributed by atoms with van der Waals surface area (Å²) in [6, 6.07) is 20.9. The van der Waals surface area contributed by atoms with Crippen LogP contribution in [-0.2, 0) is 27.2 Å². The van der Waals surface area contributed by atoms with Crippen LogP contribution in [0.3, 0.4) is 0 Å². The molecule has 346 valence electrons. The van der Waals surface area contributed by atoms with Crippen molar-refractivity contribution in [2.24, 2.45) is 4.99 Å². The first kappa shape index (κ1) is 52.7. The fourth-order valence-electron chi connectivity index (χ4n) is 7.10. The average molecular weight is 972 g/mol. The van der Waals surface area contributed by atoms with Crippen LogP contribution in [0.5, 0.6) is 5.75 Å². The summed E-state index contributed by atoms with van der Waals surface area (Å²) in [6.07, 6.45) is 19.3. The van der Waals surface area contributed by atoms with Gasteiger partial charge in [0.1, 0.15) is 22.5 Å². The molecule has 9 nitrogen and oxygen atoms in total. The minimum Gasteiger partial charge on any atom is -0.480 e. The first-order valence-corrected chi connectivity index (χ1v) is 25.1. The molecular formula is C50H63Cl4N5O4S. The normalized spacial score (nSPS) is 14.5. The Labute approximate surface area is 404 Å². The van der Waals surface area contributed by atoms with E-state index < -0.39 is 17.3 Å². The standard InChI is InChI=1S/C36H33Cl4N5O4S.C14H30/c1-4-20-11-14-30(21(5-2)15-20)49-29(6-3)35(47)43-27-9-7-8-10-31(27)50-33-34(42-28-18-23(41-19-46)12-13-24(28)38)44-45(36(33)48)32-25(39)16-22(37)17-26(32)40;1-3-5-7-9-11-13-14-12-10-8-6-4-2/h7-19,29,33H,4-6H2,1-3H3,(H,41,46)(H,42,44)(H,43,47);3-14H2,1-2H3. The van der Waals surface area contributed by atoms with Gasteiger partial charge in [0.2, 0.25) is 6.41 Å². The Balaban J connectivity index is 0.000000552. The van der Waals surface area contributed by atoms with Gasteiger partial charge in [-0.1, -0.05) is 182 Å².